The van der Waals surface area contributed by atoms with Gasteiger partial charge in [0, 0.05) is 13.1 Å². The number of hydrogen-bond acceptors (Lipinski definition) is 6. The standard InChI is InChI=1S/C12H12N6O3/c19-11(7-17-8-14-15-16-17)13-5-6-18-9-3-1-2-4-10(9)21-12(18)20/h1-4,8H,5-7H2,(H,13,19). The third kappa shape index (κ3) is 2.81. The average Bonchev–Trinajstić information content (AvgIpc) is 3.07. The van der Waals surface area contributed by atoms with E-state index in [0.29, 0.717) is 24.2 Å². The molecule has 0 bridgehead atoms. The normalized spacial score (nSPS) is 10.9. The molecule has 0 radical (unpaired) electrons. The summed E-state index contributed by atoms with van der Waals surface area (Å²) < 4.78 is 7.90. The first-order chi connectivity index (χ1) is 10.2. The summed E-state index contributed by atoms with van der Waals surface area (Å²) in [6.07, 6.45) is 1.35. The Labute approximate surface area is 118 Å². The zero-order valence-corrected chi connectivity index (χ0v) is 11.0. The highest BCUT2D eigenvalue weighted by Crippen LogP contribution is 2.10. The molecule has 0 saturated heterocycles. The highest BCUT2D eigenvalue weighted by molar-refractivity contribution is 5.75. The first kappa shape index (κ1) is 13.0. The fourth-order valence-corrected chi connectivity index (χ4v) is 1.99. The summed E-state index contributed by atoms with van der Waals surface area (Å²) in [5.74, 6) is -0.672. The van der Waals surface area contributed by atoms with Gasteiger partial charge in [-0.3, -0.25) is 9.36 Å². The van der Waals surface area contributed by atoms with Gasteiger partial charge in [-0.2, -0.15) is 0 Å². The zero-order valence-electron chi connectivity index (χ0n) is 11.0. The van der Waals surface area contributed by atoms with Crippen molar-refractivity contribution in [3.63, 3.8) is 0 Å². The number of nitrogens with zero attached hydrogens (tertiary/aromatic N) is 5. The van der Waals surface area contributed by atoms with Crippen LogP contribution in [-0.2, 0) is 17.9 Å². The number of aromatic nitrogens is 5. The molecule has 0 aliphatic rings. The Morgan fingerprint density at radius 1 is 1.33 bits per heavy atom. The molecule has 9 heteroatoms. The molecule has 0 atom stereocenters. The van der Waals surface area contributed by atoms with E-state index in [-0.39, 0.29) is 12.5 Å². The largest absolute Gasteiger partial charge is 0.420 e. The van der Waals surface area contributed by atoms with Gasteiger partial charge in [-0.25, -0.2) is 9.48 Å². The monoisotopic (exact) mass is 288 g/mol. The smallest absolute Gasteiger partial charge is 0.408 e. The lowest BCUT2D eigenvalue weighted by molar-refractivity contribution is -0.121. The van der Waals surface area contributed by atoms with Gasteiger partial charge in [0.25, 0.3) is 0 Å². The summed E-state index contributed by atoms with van der Waals surface area (Å²) in [4.78, 5) is 23.4. The fourth-order valence-electron chi connectivity index (χ4n) is 1.99. The Morgan fingerprint density at radius 2 is 2.19 bits per heavy atom. The van der Waals surface area contributed by atoms with E-state index in [1.807, 2.05) is 6.07 Å². The summed E-state index contributed by atoms with van der Waals surface area (Å²) >= 11 is 0. The van der Waals surface area contributed by atoms with Crippen LogP contribution >= 0.6 is 0 Å². The minimum Gasteiger partial charge on any atom is -0.408 e. The number of tetrazole rings is 1. The van der Waals surface area contributed by atoms with Crippen molar-refractivity contribution in [2.45, 2.75) is 13.1 Å². The van der Waals surface area contributed by atoms with Crippen molar-refractivity contribution in [1.29, 1.82) is 0 Å². The molecule has 3 rings (SSSR count). The van der Waals surface area contributed by atoms with Gasteiger partial charge in [0.2, 0.25) is 5.91 Å². The second-order valence-electron chi connectivity index (χ2n) is 4.34. The number of nitrogens with one attached hydrogen (secondary N) is 1. The van der Waals surface area contributed by atoms with Gasteiger partial charge in [-0.05, 0) is 22.6 Å². The molecule has 0 aliphatic carbocycles. The molecule has 1 aromatic carbocycles. The number of rotatable bonds is 5. The van der Waals surface area contributed by atoms with Crippen molar-refractivity contribution >= 4 is 17.0 Å². The SMILES string of the molecule is O=C(Cn1cnnn1)NCCn1c(=O)oc2ccccc21. The fraction of sp³-hybridized carbons (Fsp3) is 0.250. The third-order valence-corrected chi connectivity index (χ3v) is 2.93. The number of oxazole rings is 1. The van der Waals surface area contributed by atoms with E-state index >= 15 is 0 Å². The molecule has 2 aromatic heterocycles. The lowest BCUT2D eigenvalue weighted by Gasteiger charge is -2.05. The van der Waals surface area contributed by atoms with Gasteiger partial charge in [-0.15, -0.1) is 5.10 Å². The van der Waals surface area contributed by atoms with Crippen LogP contribution in [0.3, 0.4) is 0 Å². The second kappa shape index (κ2) is 5.57. The van der Waals surface area contributed by atoms with E-state index in [4.69, 9.17) is 4.42 Å². The van der Waals surface area contributed by atoms with Crippen LogP contribution < -0.4 is 11.1 Å². The lowest BCUT2D eigenvalue weighted by Crippen LogP contribution is -2.32. The average molecular weight is 288 g/mol. The first-order valence-electron chi connectivity index (χ1n) is 6.30. The Balaban J connectivity index is 1.61. The molecule has 0 unspecified atom stereocenters. The van der Waals surface area contributed by atoms with Crippen molar-refractivity contribution in [3.8, 4) is 0 Å². The molecule has 1 N–H and O–H groups in total. The first-order valence-corrected chi connectivity index (χ1v) is 6.30. The molecule has 108 valence electrons. The Bertz CT molecular complexity index is 804. The van der Waals surface area contributed by atoms with Crippen LogP contribution in [0.4, 0.5) is 0 Å². The Hall–Kier alpha value is -2.97. The highest BCUT2D eigenvalue weighted by Gasteiger charge is 2.09. The lowest BCUT2D eigenvalue weighted by atomic mass is 10.3. The van der Waals surface area contributed by atoms with Gasteiger partial charge in [0.1, 0.15) is 12.9 Å². The molecule has 0 saturated carbocycles. The topological polar surface area (TPSA) is 108 Å². The summed E-state index contributed by atoms with van der Waals surface area (Å²) in [5, 5.41) is 13.2. The molecule has 9 nitrogen and oxygen atoms in total. The Morgan fingerprint density at radius 3 is 3.00 bits per heavy atom. The number of benzene rings is 1. The number of carbonyl (C=O) groups excluding carboxylic acids is 1. The van der Waals surface area contributed by atoms with Crippen LogP contribution in [0.5, 0.6) is 0 Å². The second-order valence-corrected chi connectivity index (χ2v) is 4.34. The maximum absolute atomic E-state index is 11.7. The van der Waals surface area contributed by atoms with Crippen LogP contribution in [0.2, 0.25) is 0 Å². The summed E-state index contributed by atoms with van der Waals surface area (Å²) in [7, 11) is 0. The molecule has 2 heterocycles. The number of fused-ring (bicyclic) bond motifs is 1. The quantitative estimate of drug-likeness (QED) is 0.671. The van der Waals surface area contributed by atoms with Gasteiger partial charge in [-0.1, -0.05) is 12.1 Å². The van der Waals surface area contributed by atoms with Crippen molar-refractivity contribution in [1.82, 2.24) is 30.1 Å². The maximum Gasteiger partial charge on any atom is 0.420 e. The van der Waals surface area contributed by atoms with Crippen LogP contribution in [0.1, 0.15) is 0 Å². The van der Waals surface area contributed by atoms with Crippen molar-refractivity contribution in [2.24, 2.45) is 0 Å². The minimum atomic E-state index is -0.439. The van der Waals surface area contributed by atoms with Crippen LogP contribution in [0.25, 0.3) is 11.1 Å². The van der Waals surface area contributed by atoms with Crippen LogP contribution in [0, 0.1) is 0 Å². The van der Waals surface area contributed by atoms with E-state index in [9.17, 15) is 9.59 Å². The van der Waals surface area contributed by atoms with Crippen molar-refractivity contribution in [2.75, 3.05) is 6.54 Å². The predicted molar refractivity (Wildman–Crippen MR) is 71.3 cm³/mol. The molecule has 0 fully saturated rings. The summed E-state index contributed by atoms with van der Waals surface area (Å²) in [6.45, 7) is 0.676. The molecule has 1 amide bonds. The number of hydrogen-bond donors (Lipinski definition) is 1. The van der Waals surface area contributed by atoms with E-state index in [2.05, 4.69) is 20.8 Å². The Kier molecular flexibility index (Phi) is 3.46. The van der Waals surface area contributed by atoms with E-state index in [1.165, 1.54) is 15.6 Å². The molecule has 0 spiro atoms. The van der Waals surface area contributed by atoms with Crippen molar-refractivity contribution < 1.29 is 9.21 Å². The molecular weight excluding hydrogens is 276 g/mol. The van der Waals surface area contributed by atoms with Crippen LogP contribution in [0.15, 0.2) is 39.8 Å². The van der Waals surface area contributed by atoms with E-state index in [1.54, 1.807) is 18.2 Å². The third-order valence-electron chi connectivity index (χ3n) is 2.93. The minimum absolute atomic E-state index is 0.0357. The molecule has 21 heavy (non-hydrogen) atoms. The molecule has 0 aliphatic heterocycles. The van der Waals surface area contributed by atoms with Gasteiger partial charge in [0.05, 0.1) is 5.52 Å². The number of carbonyl (C=O) groups is 1. The zero-order chi connectivity index (χ0) is 14.7. The van der Waals surface area contributed by atoms with Gasteiger partial charge < -0.3 is 9.73 Å². The van der Waals surface area contributed by atoms with Gasteiger partial charge >= 0.3 is 5.76 Å². The van der Waals surface area contributed by atoms with E-state index in [0.717, 1.165) is 0 Å². The highest BCUT2D eigenvalue weighted by atomic mass is 16.4. The number of amides is 1. The van der Waals surface area contributed by atoms with Gasteiger partial charge in [0.15, 0.2) is 5.58 Å². The van der Waals surface area contributed by atoms with E-state index < -0.39 is 5.76 Å². The van der Waals surface area contributed by atoms with Crippen molar-refractivity contribution in [3.05, 3.63) is 41.1 Å². The predicted octanol–water partition coefficient (Wildman–Crippen LogP) is -0.603. The maximum atomic E-state index is 11.7. The molecular formula is C12H12N6O3. The molecule has 3 aromatic rings. The summed E-state index contributed by atoms with van der Waals surface area (Å²) in [6, 6.07) is 7.14. The summed E-state index contributed by atoms with van der Waals surface area (Å²) in [5.41, 5.74) is 1.24. The van der Waals surface area contributed by atoms with Crippen LogP contribution in [-0.4, -0.2) is 37.2 Å². The number of para-hydroxylation sites is 2.